The van der Waals surface area contributed by atoms with Gasteiger partial charge < -0.3 is 10.6 Å². The molecule has 0 spiro atoms. The van der Waals surface area contributed by atoms with Crippen LogP contribution in [0.4, 0.5) is 0 Å². The van der Waals surface area contributed by atoms with Gasteiger partial charge in [0, 0.05) is 19.0 Å². The molecule has 3 nitrogen and oxygen atoms in total. The zero-order valence-corrected chi connectivity index (χ0v) is 13.4. The lowest BCUT2D eigenvalue weighted by atomic mass is 10.1. The van der Waals surface area contributed by atoms with Gasteiger partial charge in [0.05, 0.1) is 0 Å². The van der Waals surface area contributed by atoms with Crippen molar-refractivity contribution in [2.75, 3.05) is 13.1 Å². The van der Waals surface area contributed by atoms with Crippen molar-refractivity contribution in [2.24, 2.45) is 5.92 Å². The van der Waals surface area contributed by atoms with Gasteiger partial charge in [-0.25, -0.2) is 0 Å². The molecule has 0 aromatic heterocycles. The number of carbonyl (C=O) groups excluding carboxylic acids is 1. The molecular formula is C16H34N2O. The van der Waals surface area contributed by atoms with Crippen LogP contribution < -0.4 is 10.6 Å². The molecule has 0 aromatic carbocycles. The fraction of sp³-hybridized carbons (Fsp3) is 0.938. The minimum atomic E-state index is 0.223. The molecule has 0 aromatic rings. The highest BCUT2D eigenvalue weighted by molar-refractivity contribution is 5.75. The smallest absolute Gasteiger partial charge is 0.219 e. The first-order valence-corrected chi connectivity index (χ1v) is 8.02. The van der Waals surface area contributed by atoms with Crippen molar-refractivity contribution >= 4 is 5.91 Å². The Morgan fingerprint density at radius 3 is 2.21 bits per heavy atom. The van der Waals surface area contributed by atoms with Gasteiger partial charge in [-0.15, -0.1) is 0 Å². The maximum atomic E-state index is 11.6. The monoisotopic (exact) mass is 270 g/mol. The van der Waals surface area contributed by atoms with Crippen LogP contribution in [0.3, 0.4) is 0 Å². The number of carbonyl (C=O) groups is 1. The molecule has 0 heterocycles. The number of unbranched alkanes of at least 4 members (excludes halogenated alkanes) is 3. The highest BCUT2D eigenvalue weighted by atomic mass is 16.1. The van der Waals surface area contributed by atoms with E-state index in [2.05, 4.69) is 38.3 Å². The Morgan fingerprint density at radius 2 is 1.58 bits per heavy atom. The van der Waals surface area contributed by atoms with E-state index >= 15 is 0 Å². The van der Waals surface area contributed by atoms with Crippen molar-refractivity contribution in [3.63, 3.8) is 0 Å². The second-order valence-electron chi connectivity index (χ2n) is 6.16. The average Bonchev–Trinajstić information content (AvgIpc) is 2.32. The fourth-order valence-electron chi connectivity index (χ4n) is 1.97. The number of hydrogen-bond acceptors (Lipinski definition) is 2. The zero-order valence-electron chi connectivity index (χ0n) is 13.4. The summed E-state index contributed by atoms with van der Waals surface area (Å²) >= 11 is 0. The van der Waals surface area contributed by atoms with Gasteiger partial charge in [-0.2, -0.15) is 0 Å². The predicted molar refractivity (Wildman–Crippen MR) is 83.3 cm³/mol. The first kappa shape index (κ1) is 18.4. The summed E-state index contributed by atoms with van der Waals surface area (Å²) in [6.45, 7) is 10.7. The van der Waals surface area contributed by atoms with Crippen LogP contribution in [-0.2, 0) is 4.79 Å². The van der Waals surface area contributed by atoms with Gasteiger partial charge in [-0.3, -0.25) is 4.79 Å². The molecule has 2 N–H and O–H groups in total. The molecule has 114 valence electrons. The van der Waals surface area contributed by atoms with Crippen molar-refractivity contribution in [3.8, 4) is 0 Å². The van der Waals surface area contributed by atoms with Crippen molar-refractivity contribution in [1.29, 1.82) is 0 Å². The summed E-state index contributed by atoms with van der Waals surface area (Å²) in [4.78, 5) is 11.6. The standard InChI is InChI=1S/C16H34N2O/c1-14(2)10-7-9-13-18-16(19)11-6-5-8-12-17-15(3)4/h14-15,17H,5-13H2,1-4H3,(H,18,19). The lowest BCUT2D eigenvalue weighted by Gasteiger charge is -2.08. The Balaban J connectivity index is 3.21. The molecule has 0 saturated heterocycles. The lowest BCUT2D eigenvalue weighted by molar-refractivity contribution is -0.121. The molecular weight excluding hydrogens is 236 g/mol. The topological polar surface area (TPSA) is 41.1 Å². The molecule has 19 heavy (non-hydrogen) atoms. The second kappa shape index (κ2) is 12.5. The average molecular weight is 270 g/mol. The molecule has 0 aliphatic carbocycles. The quantitative estimate of drug-likeness (QED) is 0.533. The molecule has 0 fully saturated rings. The number of nitrogens with one attached hydrogen (secondary N) is 2. The maximum Gasteiger partial charge on any atom is 0.219 e. The van der Waals surface area contributed by atoms with Crippen LogP contribution in [0.2, 0.25) is 0 Å². The van der Waals surface area contributed by atoms with Crippen LogP contribution in [0.5, 0.6) is 0 Å². The van der Waals surface area contributed by atoms with E-state index in [4.69, 9.17) is 0 Å². The molecule has 3 heteroatoms. The third-order valence-corrected chi connectivity index (χ3v) is 3.16. The maximum absolute atomic E-state index is 11.6. The third kappa shape index (κ3) is 15.4. The van der Waals surface area contributed by atoms with Crippen LogP contribution in [0, 0.1) is 5.92 Å². The molecule has 0 rings (SSSR count). The fourth-order valence-corrected chi connectivity index (χ4v) is 1.97. The van der Waals surface area contributed by atoms with Crippen LogP contribution in [-0.4, -0.2) is 25.0 Å². The Morgan fingerprint density at radius 1 is 0.895 bits per heavy atom. The molecule has 0 aliphatic rings. The van der Waals surface area contributed by atoms with Crippen LogP contribution in [0.25, 0.3) is 0 Å². The summed E-state index contributed by atoms with van der Waals surface area (Å²) in [6, 6.07) is 0.564. The van der Waals surface area contributed by atoms with E-state index in [-0.39, 0.29) is 5.91 Å². The summed E-state index contributed by atoms with van der Waals surface area (Å²) in [5.41, 5.74) is 0. The van der Waals surface area contributed by atoms with E-state index in [0.29, 0.717) is 12.5 Å². The van der Waals surface area contributed by atoms with Crippen molar-refractivity contribution in [1.82, 2.24) is 10.6 Å². The van der Waals surface area contributed by atoms with Gasteiger partial charge in [0.15, 0.2) is 0 Å². The third-order valence-electron chi connectivity index (χ3n) is 3.16. The van der Waals surface area contributed by atoms with E-state index in [1.807, 2.05) is 0 Å². The molecule has 0 radical (unpaired) electrons. The molecule has 0 saturated carbocycles. The molecule has 1 amide bonds. The van der Waals surface area contributed by atoms with E-state index in [1.165, 1.54) is 19.3 Å². The van der Waals surface area contributed by atoms with Gasteiger partial charge in [0.1, 0.15) is 0 Å². The molecule has 0 unspecified atom stereocenters. The Kier molecular flexibility index (Phi) is 12.1. The summed E-state index contributed by atoms with van der Waals surface area (Å²) in [5, 5.41) is 6.40. The largest absolute Gasteiger partial charge is 0.356 e. The minimum absolute atomic E-state index is 0.223. The van der Waals surface area contributed by atoms with Crippen molar-refractivity contribution < 1.29 is 4.79 Å². The summed E-state index contributed by atoms with van der Waals surface area (Å²) in [7, 11) is 0. The minimum Gasteiger partial charge on any atom is -0.356 e. The first-order valence-electron chi connectivity index (χ1n) is 8.02. The Labute approximate surface area is 119 Å². The van der Waals surface area contributed by atoms with E-state index in [0.717, 1.165) is 38.3 Å². The Bertz CT molecular complexity index is 215. The normalized spacial score (nSPS) is 11.3. The zero-order chi connectivity index (χ0) is 14.5. The first-order chi connectivity index (χ1) is 9.02. The van der Waals surface area contributed by atoms with Gasteiger partial charge in [-0.05, 0) is 31.7 Å². The number of hydrogen-bond donors (Lipinski definition) is 2. The van der Waals surface area contributed by atoms with Gasteiger partial charge in [-0.1, -0.05) is 47.0 Å². The van der Waals surface area contributed by atoms with Crippen molar-refractivity contribution in [3.05, 3.63) is 0 Å². The highest BCUT2D eigenvalue weighted by Gasteiger charge is 2.01. The summed E-state index contributed by atoms with van der Waals surface area (Å²) in [5.74, 6) is 0.997. The van der Waals surface area contributed by atoms with Crippen LogP contribution >= 0.6 is 0 Å². The highest BCUT2D eigenvalue weighted by Crippen LogP contribution is 2.05. The molecule has 0 bridgehead atoms. The van der Waals surface area contributed by atoms with Crippen LogP contribution in [0.1, 0.15) is 72.6 Å². The van der Waals surface area contributed by atoms with E-state index in [1.54, 1.807) is 0 Å². The lowest BCUT2D eigenvalue weighted by Crippen LogP contribution is -2.25. The summed E-state index contributed by atoms with van der Waals surface area (Å²) in [6.07, 6.45) is 7.60. The number of rotatable bonds is 12. The van der Waals surface area contributed by atoms with E-state index < -0.39 is 0 Å². The van der Waals surface area contributed by atoms with Gasteiger partial charge in [0.2, 0.25) is 5.91 Å². The van der Waals surface area contributed by atoms with Crippen LogP contribution in [0.15, 0.2) is 0 Å². The molecule has 0 aliphatic heterocycles. The molecule has 0 atom stereocenters. The second-order valence-corrected chi connectivity index (χ2v) is 6.16. The number of amides is 1. The summed E-state index contributed by atoms with van der Waals surface area (Å²) < 4.78 is 0. The van der Waals surface area contributed by atoms with Crippen molar-refractivity contribution in [2.45, 2.75) is 78.7 Å². The van der Waals surface area contributed by atoms with E-state index in [9.17, 15) is 4.79 Å². The Hall–Kier alpha value is -0.570. The SMILES string of the molecule is CC(C)CCCCNC(=O)CCCCCNC(C)C. The van der Waals surface area contributed by atoms with Gasteiger partial charge >= 0.3 is 0 Å². The van der Waals surface area contributed by atoms with Gasteiger partial charge in [0.25, 0.3) is 0 Å². The predicted octanol–water partition coefficient (Wildman–Crippen LogP) is 3.49.